The average molecular weight is 237 g/mol. The van der Waals surface area contributed by atoms with Crippen molar-refractivity contribution in [3.05, 3.63) is 34.4 Å². The minimum atomic E-state index is 0.640. The van der Waals surface area contributed by atoms with Crippen molar-refractivity contribution in [1.29, 1.82) is 0 Å². The van der Waals surface area contributed by atoms with E-state index >= 15 is 0 Å². The smallest absolute Gasteiger partial charge is 0.195 e. The van der Waals surface area contributed by atoms with Crippen molar-refractivity contribution in [2.24, 2.45) is 0 Å². The lowest BCUT2D eigenvalue weighted by Gasteiger charge is -2.03. The molecule has 2 rings (SSSR count). The minimum Gasteiger partial charge on any atom is -0.295 e. The Hall–Kier alpha value is -1.20. The van der Waals surface area contributed by atoms with Gasteiger partial charge in [0.1, 0.15) is 0 Å². The average Bonchev–Trinajstić information content (AvgIpc) is 2.76. The highest BCUT2D eigenvalue weighted by molar-refractivity contribution is 7.71. The van der Waals surface area contributed by atoms with Gasteiger partial charge in [0.05, 0.1) is 4.88 Å². The number of thiophene rings is 1. The zero-order valence-corrected chi connectivity index (χ0v) is 9.99. The van der Waals surface area contributed by atoms with Gasteiger partial charge in [0.2, 0.25) is 0 Å². The molecule has 0 atom stereocenters. The van der Waals surface area contributed by atoms with Crippen molar-refractivity contribution in [3.63, 3.8) is 0 Å². The molecule has 3 nitrogen and oxygen atoms in total. The molecule has 2 aromatic heterocycles. The van der Waals surface area contributed by atoms with Gasteiger partial charge in [-0.05, 0) is 30.6 Å². The number of H-pyrrole nitrogens is 1. The Morgan fingerprint density at radius 3 is 3.13 bits per heavy atom. The van der Waals surface area contributed by atoms with E-state index in [9.17, 15) is 0 Å². The molecule has 0 saturated carbocycles. The minimum absolute atomic E-state index is 0.640. The Kier molecular flexibility index (Phi) is 2.83. The number of rotatable bonds is 3. The van der Waals surface area contributed by atoms with Crippen LogP contribution in [0.15, 0.2) is 29.7 Å². The quantitative estimate of drug-likeness (QED) is 0.656. The third-order valence-electron chi connectivity index (χ3n) is 1.93. The first-order chi connectivity index (χ1) is 7.18. The molecule has 1 N–H and O–H groups in total. The van der Waals surface area contributed by atoms with Gasteiger partial charge in [0.15, 0.2) is 10.6 Å². The molecule has 0 amide bonds. The number of nitrogens with zero attached hydrogens (tertiary/aromatic N) is 2. The van der Waals surface area contributed by atoms with Crippen LogP contribution in [0.25, 0.3) is 10.7 Å². The summed E-state index contributed by atoms with van der Waals surface area (Å²) < 4.78 is 2.60. The lowest BCUT2D eigenvalue weighted by atomic mass is 10.3. The second kappa shape index (κ2) is 4.12. The number of allylic oxidation sites excluding steroid dienone is 1. The van der Waals surface area contributed by atoms with E-state index in [1.165, 1.54) is 0 Å². The summed E-state index contributed by atoms with van der Waals surface area (Å²) in [6.45, 7) is 6.58. The fourth-order valence-corrected chi connectivity index (χ4v) is 2.25. The van der Waals surface area contributed by atoms with E-state index in [0.29, 0.717) is 11.3 Å². The Bertz CT molecular complexity index is 519. The van der Waals surface area contributed by atoms with E-state index in [4.69, 9.17) is 12.2 Å². The maximum absolute atomic E-state index is 5.17. The van der Waals surface area contributed by atoms with E-state index in [-0.39, 0.29) is 0 Å². The Morgan fingerprint density at radius 2 is 2.53 bits per heavy atom. The fraction of sp³-hybridized carbons (Fsp3) is 0.200. The molecular formula is C10H11N3S2. The highest BCUT2D eigenvalue weighted by Crippen LogP contribution is 2.23. The van der Waals surface area contributed by atoms with Crippen LogP contribution in [0.3, 0.4) is 0 Å². The third-order valence-corrected chi connectivity index (χ3v) is 3.11. The number of aromatic amines is 1. The van der Waals surface area contributed by atoms with E-state index < -0.39 is 0 Å². The van der Waals surface area contributed by atoms with Crippen LogP contribution in [0.4, 0.5) is 0 Å². The number of aromatic nitrogens is 3. The molecular weight excluding hydrogens is 226 g/mol. The molecule has 2 aromatic rings. The summed E-state index contributed by atoms with van der Waals surface area (Å²) in [7, 11) is 0. The van der Waals surface area contributed by atoms with Gasteiger partial charge >= 0.3 is 0 Å². The van der Waals surface area contributed by atoms with Crippen LogP contribution in [0.2, 0.25) is 0 Å². The Labute approximate surface area is 97.1 Å². The lowest BCUT2D eigenvalue weighted by Crippen LogP contribution is -2.00. The molecule has 0 fully saturated rings. The SMILES string of the molecule is C=C(C)Cn1c(-c2cccs2)n[nH]c1=S. The molecule has 78 valence electrons. The molecule has 0 aliphatic carbocycles. The largest absolute Gasteiger partial charge is 0.295 e. The van der Waals surface area contributed by atoms with Crippen LogP contribution in [-0.4, -0.2) is 14.8 Å². The third kappa shape index (κ3) is 2.08. The van der Waals surface area contributed by atoms with E-state index in [1.807, 2.05) is 29.0 Å². The lowest BCUT2D eigenvalue weighted by molar-refractivity contribution is 0.780. The molecule has 0 radical (unpaired) electrons. The number of hydrogen-bond acceptors (Lipinski definition) is 3. The Morgan fingerprint density at radius 1 is 1.73 bits per heavy atom. The first-order valence-corrected chi connectivity index (χ1v) is 5.80. The van der Waals surface area contributed by atoms with Gasteiger partial charge in [-0.25, -0.2) is 0 Å². The van der Waals surface area contributed by atoms with Crippen LogP contribution in [0.1, 0.15) is 6.92 Å². The zero-order valence-electron chi connectivity index (χ0n) is 8.36. The molecule has 0 spiro atoms. The molecule has 0 aliphatic rings. The summed E-state index contributed by atoms with van der Waals surface area (Å²) in [5.41, 5.74) is 1.06. The molecule has 0 aliphatic heterocycles. The second-order valence-corrected chi connectivity index (χ2v) is 4.71. The van der Waals surface area contributed by atoms with Gasteiger partial charge in [-0.2, -0.15) is 5.10 Å². The van der Waals surface area contributed by atoms with E-state index in [0.717, 1.165) is 16.3 Å². The van der Waals surface area contributed by atoms with E-state index in [2.05, 4.69) is 16.8 Å². The standard InChI is InChI=1S/C10H11N3S2/c1-7(2)6-13-9(11-12-10(13)14)8-4-3-5-15-8/h3-5H,1,6H2,2H3,(H,12,14). The summed E-state index contributed by atoms with van der Waals surface area (Å²) in [6.07, 6.45) is 0. The van der Waals surface area contributed by atoms with E-state index in [1.54, 1.807) is 11.3 Å². The number of nitrogens with one attached hydrogen (secondary N) is 1. The summed E-state index contributed by atoms with van der Waals surface area (Å²) in [4.78, 5) is 1.11. The predicted molar refractivity (Wildman–Crippen MR) is 65.5 cm³/mol. The molecule has 0 aromatic carbocycles. The zero-order chi connectivity index (χ0) is 10.8. The normalized spacial score (nSPS) is 10.5. The molecule has 0 saturated heterocycles. The fourth-order valence-electron chi connectivity index (χ4n) is 1.33. The van der Waals surface area contributed by atoms with Gasteiger partial charge < -0.3 is 0 Å². The predicted octanol–water partition coefficient (Wildman–Crippen LogP) is 3.25. The first kappa shape index (κ1) is 10.3. The summed E-state index contributed by atoms with van der Waals surface area (Å²) in [6, 6.07) is 4.04. The van der Waals surface area contributed by atoms with Gasteiger partial charge in [-0.1, -0.05) is 18.2 Å². The van der Waals surface area contributed by atoms with Crippen LogP contribution in [0.5, 0.6) is 0 Å². The molecule has 5 heteroatoms. The summed E-state index contributed by atoms with van der Waals surface area (Å²) in [5, 5.41) is 9.06. The van der Waals surface area contributed by atoms with Gasteiger partial charge in [0, 0.05) is 6.54 Å². The van der Waals surface area contributed by atoms with Crippen molar-refractivity contribution >= 4 is 23.6 Å². The van der Waals surface area contributed by atoms with Crippen molar-refractivity contribution in [1.82, 2.24) is 14.8 Å². The maximum Gasteiger partial charge on any atom is 0.195 e. The van der Waals surface area contributed by atoms with Crippen molar-refractivity contribution in [3.8, 4) is 10.7 Å². The molecule has 0 unspecified atom stereocenters. The van der Waals surface area contributed by atoms with Crippen molar-refractivity contribution < 1.29 is 0 Å². The van der Waals surface area contributed by atoms with Crippen LogP contribution < -0.4 is 0 Å². The molecule has 2 heterocycles. The van der Waals surface area contributed by atoms with Gasteiger partial charge in [0.25, 0.3) is 0 Å². The highest BCUT2D eigenvalue weighted by Gasteiger charge is 2.08. The van der Waals surface area contributed by atoms with Crippen molar-refractivity contribution in [2.75, 3.05) is 0 Å². The van der Waals surface area contributed by atoms with Crippen LogP contribution >= 0.6 is 23.6 Å². The molecule has 0 bridgehead atoms. The monoisotopic (exact) mass is 237 g/mol. The first-order valence-electron chi connectivity index (χ1n) is 4.52. The summed E-state index contributed by atoms with van der Waals surface area (Å²) >= 11 is 6.82. The Balaban J connectivity index is 2.49. The number of hydrogen-bond donors (Lipinski definition) is 1. The van der Waals surface area contributed by atoms with Gasteiger partial charge in [-0.3, -0.25) is 9.67 Å². The summed E-state index contributed by atoms with van der Waals surface area (Å²) in [5.74, 6) is 0.887. The van der Waals surface area contributed by atoms with Crippen molar-refractivity contribution in [2.45, 2.75) is 13.5 Å². The topological polar surface area (TPSA) is 33.6 Å². The highest BCUT2D eigenvalue weighted by atomic mass is 32.1. The maximum atomic E-state index is 5.17. The molecule has 15 heavy (non-hydrogen) atoms. The van der Waals surface area contributed by atoms with Crippen LogP contribution in [-0.2, 0) is 6.54 Å². The van der Waals surface area contributed by atoms with Gasteiger partial charge in [-0.15, -0.1) is 11.3 Å². The van der Waals surface area contributed by atoms with Crippen LogP contribution in [0, 0.1) is 4.77 Å². The second-order valence-electron chi connectivity index (χ2n) is 3.37.